The molecule has 1 unspecified atom stereocenters. The minimum absolute atomic E-state index is 0.0803. The zero-order chi connectivity index (χ0) is 13.0. The Kier molecular flexibility index (Phi) is 4.36. The van der Waals surface area contributed by atoms with E-state index in [-0.39, 0.29) is 12.5 Å². The molecule has 1 N–H and O–H groups in total. The van der Waals surface area contributed by atoms with Gasteiger partial charge in [0.25, 0.3) is 0 Å². The third-order valence-electron chi connectivity index (χ3n) is 2.70. The van der Waals surface area contributed by atoms with E-state index in [0.717, 1.165) is 10.0 Å². The molecule has 1 aromatic rings. The third-order valence-corrected chi connectivity index (χ3v) is 3.19. The molecule has 0 bridgehead atoms. The second-order valence-electron chi connectivity index (χ2n) is 4.21. The molecule has 0 saturated heterocycles. The normalized spacial score (nSPS) is 18.3. The first-order chi connectivity index (χ1) is 8.63. The maximum absolute atomic E-state index is 10.5. The summed E-state index contributed by atoms with van der Waals surface area (Å²) in [6, 6.07) is 7.98. The molecule has 1 aliphatic rings. The molecule has 4 nitrogen and oxygen atoms in total. The SMILES string of the molecule is O=C(O)CCC1CN=C(Cc2cccc(Br)c2)O1. The molecule has 96 valence electrons. The Labute approximate surface area is 114 Å². The average Bonchev–Trinajstić information content (AvgIpc) is 2.74. The van der Waals surface area contributed by atoms with Gasteiger partial charge in [-0.2, -0.15) is 0 Å². The molecule has 5 heteroatoms. The fourth-order valence-corrected chi connectivity index (χ4v) is 2.27. The summed E-state index contributed by atoms with van der Waals surface area (Å²) in [6.07, 6.45) is 1.22. The van der Waals surface area contributed by atoms with Gasteiger partial charge in [0.15, 0.2) is 5.90 Å². The smallest absolute Gasteiger partial charge is 0.303 e. The first-order valence-electron chi connectivity index (χ1n) is 5.79. The van der Waals surface area contributed by atoms with Crippen molar-refractivity contribution < 1.29 is 14.6 Å². The molecule has 1 heterocycles. The Morgan fingerprint density at radius 1 is 1.56 bits per heavy atom. The predicted octanol–water partition coefficient (Wildman–Crippen LogP) is 2.65. The number of carboxylic acid groups (broad SMARTS) is 1. The molecular weight excluding hydrogens is 298 g/mol. The van der Waals surface area contributed by atoms with Gasteiger partial charge >= 0.3 is 5.97 Å². The minimum Gasteiger partial charge on any atom is -0.481 e. The topological polar surface area (TPSA) is 58.9 Å². The molecule has 1 aromatic carbocycles. The molecule has 0 amide bonds. The highest BCUT2D eigenvalue weighted by atomic mass is 79.9. The van der Waals surface area contributed by atoms with Crippen LogP contribution in [0.5, 0.6) is 0 Å². The van der Waals surface area contributed by atoms with Crippen molar-refractivity contribution in [1.82, 2.24) is 0 Å². The molecule has 1 atom stereocenters. The molecule has 1 aliphatic heterocycles. The van der Waals surface area contributed by atoms with Crippen LogP contribution in [0.2, 0.25) is 0 Å². The van der Waals surface area contributed by atoms with Gasteiger partial charge in [-0.05, 0) is 24.1 Å². The number of benzene rings is 1. The summed E-state index contributed by atoms with van der Waals surface area (Å²) in [6.45, 7) is 0.566. The highest BCUT2D eigenvalue weighted by Crippen LogP contribution is 2.16. The van der Waals surface area contributed by atoms with Crippen molar-refractivity contribution in [3.05, 3.63) is 34.3 Å². The number of aliphatic imine (C=N–C) groups is 1. The van der Waals surface area contributed by atoms with Gasteiger partial charge in [0.05, 0.1) is 6.54 Å². The Balaban J connectivity index is 1.84. The van der Waals surface area contributed by atoms with Crippen LogP contribution in [0, 0.1) is 0 Å². The van der Waals surface area contributed by atoms with Crippen molar-refractivity contribution in [2.24, 2.45) is 4.99 Å². The summed E-state index contributed by atoms with van der Waals surface area (Å²) >= 11 is 3.42. The summed E-state index contributed by atoms with van der Waals surface area (Å²) in [4.78, 5) is 14.8. The number of nitrogens with zero attached hydrogens (tertiary/aromatic N) is 1. The van der Waals surface area contributed by atoms with Crippen molar-refractivity contribution >= 4 is 27.8 Å². The monoisotopic (exact) mass is 311 g/mol. The van der Waals surface area contributed by atoms with Crippen LogP contribution >= 0.6 is 15.9 Å². The lowest BCUT2D eigenvalue weighted by Crippen LogP contribution is -2.15. The van der Waals surface area contributed by atoms with Gasteiger partial charge in [0.2, 0.25) is 0 Å². The lowest BCUT2D eigenvalue weighted by Gasteiger charge is -2.09. The van der Waals surface area contributed by atoms with Gasteiger partial charge in [-0.3, -0.25) is 9.79 Å². The highest BCUT2D eigenvalue weighted by molar-refractivity contribution is 9.10. The maximum Gasteiger partial charge on any atom is 0.303 e. The van der Waals surface area contributed by atoms with Crippen LogP contribution in [-0.4, -0.2) is 29.6 Å². The number of carbonyl (C=O) groups is 1. The van der Waals surface area contributed by atoms with Crippen molar-refractivity contribution in [1.29, 1.82) is 0 Å². The van der Waals surface area contributed by atoms with Gasteiger partial charge in [-0.1, -0.05) is 28.1 Å². The van der Waals surface area contributed by atoms with Crippen LogP contribution in [0.1, 0.15) is 18.4 Å². The van der Waals surface area contributed by atoms with E-state index in [2.05, 4.69) is 20.9 Å². The molecule has 0 radical (unpaired) electrons. The van der Waals surface area contributed by atoms with Crippen LogP contribution in [0.4, 0.5) is 0 Å². The van der Waals surface area contributed by atoms with Gasteiger partial charge in [0.1, 0.15) is 6.10 Å². The van der Waals surface area contributed by atoms with E-state index in [0.29, 0.717) is 25.3 Å². The van der Waals surface area contributed by atoms with E-state index in [1.165, 1.54) is 0 Å². The number of ether oxygens (including phenoxy) is 1. The number of halogens is 1. The summed E-state index contributed by atoms with van der Waals surface area (Å²) in [7, 11) is 0. The van der Waals surface area contributed by atoms with Gasteiger partial charge < -0.3 is 9.84 Å². The fourth-order valence-electron chi connectivity index (χ4n) is 1.82. The lowest BCUT2D eigenvalue weighted by molar-refractivity contribution is -0.137. The van der Waals surface area contributed by atoms with Crippen LogP contribution in [-0.2, 0) is 16.0 Å². The van der Waals surface area contributed by atoms with E-state index in [1.54, 1.807) is 0 Å². The van der Waals surface area contributed by atoms with Crippen molar-refractivity contribution in [3.63, 3.8) is 0 Å². The summed E-state index contributed by atoms with van der Waals surface area (Å²) in [5, 5.41) is 8.61. The van der Waals surface area contributed by atoms with E-state index >= 15 is 0 Å². The highest BCUT2D eigenvalue weighted by Gasteiger charge is 2.20. The minimum atomic E-state index is -0.793. The summed E-state index contributed by atoms with van der Waals surface area (Å²) in [5.74, 6) is -0.0949. The number of carboxylic acids is 1. The first-order valence-corrected chi connectivity index (χ1v) is 6.59. The molecule has 0 saturated carbocycles. The maximum atomic E-state index is 10.5. The fraction of sp³-hybridized carbons (Fsp3) is 0.385. The molecule has 0 aromatic heterocycles. The Hall–Kier alpha value is -1.36. The third kappa shape index (κ3) is 3.84. The number of hydrogen-bond acceptors (Lipinski definition) is 3. The summed E-state index contributed by atoms with van der Waals surface area (Å²) < 4.78 is 6.66. The molecular formula is C13H14BrNO3. The Morgan fingerprint density at radius 2 is 2.39 bits per heavy atom. The quantitative estimate of drug-likeness (QED) is 0.909. The van der Waals surface area contributed by atoms with Crippen molar-refractivity contribution in [2.45, 2.75) is 25.4 Å². The standard InChI is InChI=1S/C13H14BrNO3/c14-10-3-1-2-9(6-10)7-12-15-8-11(18-12)4-5-13(16)17/h1-3,6,11H,4-5,7-8H2,(H,16,17). The van der Waals surface area contributed by atoms with Crippen LogP contribution in [0.3, 0.4) is 0 Å². The Morgan fingerprint density at radius 3 is 3.11 bits per heavy atom. The average molecular weight is 312 g/mol. The lowest BCUT2D eigenvalue weighted by atomic mass is 10.1. The zero-order valence-corrected chi connectivity index (χ0v) is 11.4. The van der Waals surface area contributed by atoms with Gasteiger partial charge in [-0.25, -0.2) is 0 Å². The van der Waals surface area contributed by atoms with Crippen molar-refractivity contribution in [3.8, 4) is 0 Å². The van der Waals surface area contributed by atoms with E-state index < -0.39 is 5.97 Å². The second-order valence-corrected chi connectivity index (χ2v) is 5.13. The zero-order valence-electron chi connectivity index (χ0n) is 9.80. The largest absolute Gasteiger partial charge is 0.481 e. The van der Waals surface area contributed by atoms with Gasteiger partial charge in [-0.15, -0.1) is 0 Å². The molecule has 0 fully saturated rings. The number of rotatable bonds is 5. The Bertz CT molecular complexity index is 473. The predicted molar refractivity (Wildman–Crippen MR) is 71.9 cm³/mol. The second kappa shape index (κ2) is 6.00. The van der Waals surface area contributed by atoms with Crippen LogP contribution in [0.25, 0.3) is 0 Å². The van der Waals surface area contributed by atoms with Gasteiger partial charge in [0, 0.05) is 17.3 Å². The molecule has 18 heavy (non-hydrogen) atoms. The van der Waals surface area contributed by atoms with Crippen molar-refractivity contribution in [2.75, 3.05) is 6.54 Å². The van der Waals surface area contributed by atoms with E-state index in [4.69, 9.17) is 9.84 Å². The summed E-state index contributed by atoms with van der Waals surface area (Å²) in [5.41, 5.74) is 1.13. The van der Waals surface area contributed by atoms with E-state index in [9.17, 15) is 4.79 Å². The molecule has 0 spiro atoms. The molecule has 0 aliphatic carbocycles. The number of aliphatic carboxylic acids is 1. The van der Waals surface area contributed by atoms with Crippen LogP contribution in [0.15, 0.2) is 33.7 Å². The number of hydrogen-bond donors (Lipinski definition) is 1. The molecule has 2 rings (SSSR count). The van der Waals surface area contributed by atoms with Crippen LogP contribution < -0.4 is 0 Å². The first kappa shape index (κ1) is 13.1. The van der Waals surface area contributed by atoms with E-state index in [1.807, 2.05) is 24.3 Å².